The minimum Gasteiger partial charge on any atom is -0.345 e. The number of likely N-dealkylation sites (tertiary alicyclic amines) is 1. The highest BCUT2D eigenvalue weighted by Crippen LogP contribution is 2.35. The van der Waals surface area contributed by atoms with E-state index in [2.05, 4.69) is 19.2 Å². The molecule has 0 unspecified atom stereocenters. The number of piperidine rings is 1. The van der Waals surface area contributed by atoms with Crippen LogP contribution in [0.3, 0.4) is 0 Å². The zero-order valence-electron chi connectivity index (χ0n) is 15.2. The second-order valence-electron chi connectivity index (χ2n) is 7.82. The maximum atomic E-state index is 13.0. The van der Waals surface area contributed by atoms with E-state index in [9.17, 15) is 14.4 Å². The Balaban J connectivity index is 1.80. The van der Waals surface area contributed by atoms with E-state index in [-0.39, 0.29) is 23.3 Å². The van der Waals surface area contributed by atoms with Gasteiger partial charge in [-0.3, -0.25) is 14.4 Å². The standard InChI is InChI=1S/C19H27N3O3/c1-12(2)7-16(20-13(3)23)19(25)21-9-14-8-15(11-21)17-5-4-6-18(24)22(17)10-14/h4-6,12,14-16H,7-11H2,1-3H3,(H,20,23)/t14-,15-,16-/m0/s1. The van der Waals surface area contributed by atoms with E-state index in [1.807, 2.05) is 15.5 Å². The summed E-state index contributed by atoms with van der Waals surface area (Å²) in [7, 11) is 0. The molecule has 136 valence electrons. The molecule has 0 saturated carbocycles. The molecule has 3 atom stereocenters. The molecule has 6 heteroatoms. The molecular formula is C19H27N3O3. The summed E-state index contributed by atoms with van der Waals surface area (Å²) in [6.45, 7) is 7.50. The van der Waals surface area contributed by atoms with Gasteiger partial charge in [-0.25, -0.2) is 0 Å². The van der Waals surface area contributed by atoms with E-state index in [0.717, 1.165) is 12.1 Å². The van der Waals surface area contributed by atoms with Gasteiger partial charge in [-0.1, -0.05) is 19.9 Å². The Morgan fingerprint density at radius 2 is 2.00 bits per heavy atom. The van der Waals surface area contributed by atoms with Crippen molar-refractivity contribution in [3.63, 3.8) is 0 Å². The molecular weight excluding hydrogens is 318 g/mol. The van der Waals surface area contributed by atoms with Gasteiger partial charge >= 0.3 is 0 Å². The fourth-order valence-corrected chi connectivity index (χ4v) is 4.24. The van der Waals surface area contributed by atoms with Crippen LogP contribution in [0.5, 0.6) is 0 Å². The molecule has 2 aliphatic heterocycles. The highest BCUT2D eigenvalue weighted by Gasteiger charge is 2.38. The van der Waals surface area contributed by atoms with Gasteiger partial charge in [0.25, 0.3) is 5.56 Å². The van der Waals surface area contributed by atoms with Crippen LogP contribution >= 0.6 is 0 Å². The molecule has 0 aliphatic carbocycles. The Kier molecular flexibility index (Phi) is 4.97. The Labute approximate surface area is 148 Å². The van der Waals surface area contributed by atoms with Crippen LogP contribution in [0.1, 0.15) is 45.2 Å². The van der Waals surface area contributed by atoms with Gasteiger partial charge in [0.2, 0.25) is 11.8 Å². The number of amides is 2. The number of nitrogens with zero attached hydrogens (tertiary/aromatic N) is 2. The fraction of sp³-hybridized carbons (Fsp3) is 0.632. The first-order valence-corrected chi connectivity index (χ1v) is 9.10. The van der Waals surface area contributed by atoms with Crippen LogP contribution in [0.2, 0.25) is 0 Å². The number of hydrogen-bond acceptors (Lipinski definition) is 3. The van der Waals surface area contributed by atoms with E-state index in [0.29, 0.717) is 37.9 Å². The number of nitrogens with one attached hydrogen (secondary N) is 1. The second kappa shape index (κ2) is 7.02. The Morgan fingerprint density at radius 3 is 2.68 bits per heavy atom. The first-order chi connectivity index (χ1) is 11.8. The molecule has 25 heavy (non-hydrogen) atoms. The quantitative estimate of drug-likeness (QED) is 0.895. The summed E-state index contributed by atoms with van der Waals surface area (Å²) >= 11 is 0. The number of pyridine rings is 1. The normalized spacial score (nSPS) is 23.1. The third kappa shape index (κ3) is 3.78. The number of aromatic nitrogens is 1. The summed E-state index contributed by atoms with van der Waals surface area (Å²) in [5.74, 6) is 0.650. The van der Waals surface area contributed by atoms with Crippen molar-refractivity contribution in [2.75, 3.05) is 13.1 Å². The van der Waals surface area contributed by atoms with Gasteiger partial charge in [-0.05, 0) is 30.7 Å². The van der Waals surface area contributed by atoms with Crippen molar-refractivity contribution in [1.82, 2.24) is 14.8 Å². The topological polar surface area (TPSA) is 71.4 Å². The minimum atomic E-state index is -0.464. The highest BCUT2D eigenvalue weighted by atomic mass is 16.2. The molecule has 0 aromatic carbocycles. The van der Waals surface area contributed by atoms with Crippen LogP contribution in [0, 0.1) is 11.8 Å². The van der Waals surface area contributed by atoms with Gasteiger partial charge < -0.3 is 14.8 Å². The van der Waals surface area contributed by atoms with E-state index < -0.39 is 6.04 Å². The third-order valence-electron chi connectivity index (χ3n) is 5.17. The molecule has 6 nitrogen and oxygen atoms in total. The van der Waals surface area contributed by atoms with E-state index in [4.69, 9.17) is 0 Å². The van der Waals surface area contributed by atoms with Crippen LogP contribution in [0.25, 0.3) is 0 Å². The summed E-state index contributed by atoms with van der Waals surface area (Å²) in [6.07, 6.45) is 1.66. The van der Waals surface area contributed by atoms with Gasteiger partial charge in [0.15, 0.2) is 0 Å². The second-order valence-corrected chi connectivity index (χ2v) is 7.82. The fourth-order valence-electron chi connectivity index (χ4n) is 4.24. The molecule has 2 aliphatic rings. The Morgan fingerprint density at radius 1 is 1.24 bits per heavy atom. The highest BCUT2D eigenvalue weighted by molar-refractivity contribution is 5.87. The largest absolute Gasteiger partial charge is 0.345 e. The average molecular weight is 345 g/mol. The maximum absolute atomic E-state index is 13.0. The van der Waals surface area contributed by atoms with Crippen molar-refractivity contribution in [1.29, 1.82) is 0 Å². The van der Waals surface area contributed by atoms with Gasteiger partial charge in [-0.15, -0.1) is 0 Å². The lowest BCUT2D eigenvalue weighted by molar-refractivity contribution is -0.139. The lowest BCUT2D eigenvalue weighted by atomic mass is 9.82. The van der Waals surface area contributed by atoms with Gasteiger partial charge in [0, 0.05) is 44.2 Å². The molecule has 1 fully saturated rings. The summed E-state index contributed by atoms with van der Waals surface area (Å²) < 4.78 is 1.86. The van der Waals surface area contributed by atoms with E-state index >= 15 is 0 Å². The zero-order chi connectivity index (χ0) is 18.1. The van der Waals surface area contributed by atoms with Crippen molar-refractivity contribution >= 4 is 11.8 Å². The molecule has 1 aromatic rings. The first kappa shape index (κ1) is 17.7. The predicted octanol–water partition coefficient (Wildman–Crippen LogP) is 1.34. The predicted molar refractivity (Wildman–Crippen MR) is 95.2 cm³/mol. The smallest absolute Gasteiger partial charge is 0.250 e. The lowest BCUT2D eigenvalue weighted by Gasteiger charge is -2.43. The van der Waals surface area contributed by atoms with Crippen LogP contribution < -0.4 is 10.9 Å². The summed E-state index contributed by atoms with van der Waals surface area (Å²) in [6, 6.07) is 4.93. The van der Waals surface area contributed by atoms with Crippen LogP contribution in [-0.2, 0) is 16.1 Å². The molecule has 2 bridgehead atoms. The third-order valence-corrected chi connectivity index (χ3v) is 5.17. The van der Waals surface area contributed by atoms with Gasteiger partial charge in [-0.2, -0.15) is 0 Å². The maximum Gasteiger partial charge on any atom is 0.250 e. The molecule has 1 N–H and O–H groups in total. The number of rotatable bonds is 4. The molecule has 2 amide bonds. The van der Waals surface area contributed by atoms with Crippen LogP contribution in [0.4, 0.5) is 0 Å². The number of carbonyl (C=O) groups excluding carboxylic acids is 2. The summed E-state index contributed by atoms with van der Waals surface area (Å²) in [5, 5.41) is 2.82. The van der Waals surface area contributed by atoms with E-state index in [1.165, 1.54) is 6.92 Å². The molecule has 3 heterocycles. The summed E-state index contributed by atoms with van der Waals surface area (Å²) in [5.41, 5.74) is 1.07. The molecule has 0 spiro atoms. The number of fused-ring (bicyclic) bond motifs is 4. The lowest BCUT2D eigenvalue weighted by Crippen LogP contribution is -2.55. The van der Waals surface area contributed by atoms with Gasteiger partial charge in [0.05, 0.1) is 0 Å². The van der Waals surface area contributed by atoms with Crippen molar-refractivity contribution in [3.05, 3.63) is 34.2 Å². The number of hydrogen-bond donors (Lipinski definition) is 1. The first-order valence-electron chi connectivity index (χ1n) is 9.10. The Bertz CT molecular complexity index is 725. The number of carbonyl (C=O) groups is 2. The average Bonchev–Trinajstić information content (AvgIpc) is 2.53. The SMILES string of the molecule is CC(=O)N[C@@H](CC(C)C)C(=O)N1C[C@@H]2C[C@@H](C1)c1cccc(=O)n1C2. The summed E-state index contributed by atoms with van der Waals surface area (Å²) in [4.78, 5) is 38.5. The zero-order valence-corrected chi connectivity index (χ0v) is 15.2. The molecule has 0 radical (unpaired) electrons. The van der Waals surface area contributed by atoms with E-state index in [1.54, 1.807) is 12.1 Å². The van der Waals surface area contributed by atoms with Crippen molar-refractivity contribution in [2.45, 2.75) is 52.1 Å². The minimum absolute atomic E-state index is 0.00493. The molecule has 1 saturated heterocycles. The van der Waals surface area contributed by atoms with Crippen molar-refractivity contribution in [2.24, 2.45) is 11.8 Å². The molecule has 1 aromatic heterocycles. The van der Waals surface area contributed by atoms with Crippen LogP contribution in [0.15, 0.2) is 23.0 Å². The Hall–Kier alpha value is -2.11. The van der Waals surface area contributed by atoms with Crippen LogP contribution in [-0.4, -0.2) is 40.4 Å². The van der Waals surface area contributed by atoms with Gasteiger partial charge in [0.1, 0.15) is 6.04 Å². The molecule has 3 rings (SSSR count). The monoisotopic (exact) mass is 345 g/mol. The van der Waals surface area contributed by atoms with Crippen molar-refractivity contribution in [3.8, 4) is 0 Å². The van der Waals surface area contributed by atoms with Crippen molar-refractivity contribution < 1.29 is 9.59 Å².